The van der Waals surface area contributed by atoms with Crippen LogP contribution in [0.25, 0.3) is 0 Å². The maximum absolute atomic E-state index is 11.7. The Balaban J connectivity index is 2.69. The lowest BCUT2D eigenvalue weighted by molar-refractivity contribution is 0.0399. The van der Waals surface area contributed by atoms with Gasteiger partial charge in [-0.1, -0.05) is 31.0 Å². The number of ether oxygens (including phenoxy) is 2. The molecule has 5 heteroatoms. The topological polar surface area (TPSA) is 38.8 Å². The van der Waals surface area contributed by atoms with Crippen molar-refractivity contribution in [1.82, 2.24) is 4.31 Å². The Kier molecular flexibility index (Phi) is 4.90. The second-order valence-electron chi connectivity index (χ2n) is 4.85. The predicted octanol–water partition coefficient (Wildman–Crippen LogP) is 3.28. The number of thiol groups is 1. The van der Waals surface area contributed by atoms with Gasteiger partial charge in [-0.25, -0.2) is 9.10 Å². The van der Waals surface area contributed by atoms with Crippen molar-refractivity contribution >= 4 is 18.9 Å². The standard InChI is InChI=1S/C13H19NO3S/c1-13(2,3)17-12(15)14(18)9-10-7-5-6-8-11(10)16-4/h5-8,18H,9H2,1-4H3. The molecule has 1 aromatic rings. The summed E-state index contributed by atoms with van der Waals surface area (Å²) in [7, 11) is 1.59. The average Bonchev–Trinajstić information content (AvgIpc) is 2.27. The number of carbonyl (C=O) groups excluding carboxylic acids is 1. The Morgan fingerprint density at radius 2 is 1.94 bits per heavy atom. The van der Waals surface area contributed by atoms with Crippen LogP contribution in [0.2, 0.25) is 0 Å². The Morgan fingerprint density at radius 1 is 1.33 bits per heavy atom. The Hall–Kier alpha value is -1.36. The molecule has 1 amide bonds. The zero-order chi connectivity index (χ0) is 13.8. The minimum Gasteiger partial charge on any atom is -0.496 e. The quantitative estimate of drug-likeness (QED) is 0.856. The van der Waals surface area contributed by atoms with Gasteiger partial charge in [0.2, 0.25) is 0 Å². The van der Waals surface area contributed by atoms with Crippen LogP contribution in [-0.2, 0) is 11.3 Å². The maximum Gasteiger partial charge on any atom is 0.420 e. The first-order valence-electron chi connectivity index (χ1n) is 5.65. The summed E-state index contributed by atoms with van der Waals surface area (Å²) in [6, 6.07) is 7.48. The van der Waals surface area contributed by atoms with E-state index in [4.69, 9.17) is 9.47 Å². The van der Waals surface area contributed by atoms with Crippen LogP contribution in [0.1, 0.15) is 26.3 Å². The Morgan fingerprint density at radius 3 is 2.50 bits per heavy atom. The van der Waals surface area contributed by atoms with Crippen molar-refractivity contribution in [1.29, 1.82) is 0 Å². The number of carbonyl (C=O) groups is 1. The summed E-state index contributed by atoms with van der Waals surface area (Å²) >= 11 is 4.14. The molecule has 0 aliphatic heterocycles. The van der Waals surface area contributed by atoms with Gasteiger partial charge >= 0.3 is 6.09 Å². The van der Waals surface area contributed by atoms with Crippen LogP contribution in [0.4, 0.5) is 4.79 Å². The molecule has 0 N–H and O–H groups in total. The van der Waals surface area contributed by atoms with Gasteiger partial charge in [-0.05, 0) is 26.8 Å². The normalized spacial score (nSPS) is 10.9. The zero-order valence-electron chi connectivity index (χ0n) is 11.1. The Labute approximate surface area is 113 Å². The first kappa shape index (κ1) is 14.7. The van der Waals surface area contributed by atoms with E-state index in [1.165, 1.54) is 4.31 Å². The van der Waals surface area contributed by atoms with E-state index in [-0.39, 0.29) is 0 Å². The van der Waals surface area contributed by atoms with Crippen molar-refractivity contribution in [2.45, 2.75) is 32.9 Å². The van der Waals surface area contributed by atoms with Crippen molar-refractivity contribution < 1.29 is 14.3 Å². The van der Waals surface area contributed by atoms with Crippen LogP contribution in [0.5, 0.6) is 5.75 Å². The molecular weight excluding hydrogens is 250 g/mol. The van der Waals surface area contributed by atoms with E-state index >= 15 is 0 Å². The van der Waals surface area contributed by atoms with Crippen molar-refractivity contribution in [3.63, 3.8) is 0 Å². The van der Waals surface area contributed by atoms with Crippen LogP contribution in [0.15, 0.2) is 24.3 Å². The molecule has 0 bridgehead atoms. The third-order valence-electron chi connectivity index (χ3n) is 2.12. The molecule has 100 valence electrons. The van der Waals surface area contributed by atoms with Gasteiger partial charge in [0, 0.05) is 5.56 Å². The van der Waals surface area contributed by atoms with Crippen LogP contribution < -0.4 is 4.74 Å². The van der Waals surface area contributed by atoms with Gasteiger partial charge < -0.3 is 9.47 Å². The molecule has 1 aromatic carbocycles. The third kappa shape index (κ3) is 4.49. The van der Waals surface area contributed by atoms with Crippen molar-refractivity contribution in [2.24, 2.45) is 0 Å². The molecule has 0 unspecified atom stereocenters. The van der Waals surface area contributed by atoms with E-state index in [9.17, 15) is 4.79 Å². The molecule has 0 atom stereocenters. The van der Waals surface area contributed by atoms with Crippen LogP contribution in [0.3, 0.4) is 0 Å². The summed E-state index contributed by atoms with van der Waals surface area (Å²) < 4.78 is 11.7. The van der Waals surface area contributed by atoms with Gasteiger partial charge in [-0.3, -0.25) is 0 Å². The molecule has 0 aliphatic carbocycles. The van der Waals surface area contributed by atoms with Gasteiger partial charge in [0.15, 0.2) is 0 Å². The molecule has 0 saturated heterocycles. The minimum absolute atomic E-state index is 0.321. The predicted molar refractivity (Wildman–Crippen MR) is 73.8 cm³/mol. The highest BCUT2D eigenvalue weighted by Gasteiger charge is 2.21. The largest absolute Gasteiger partial charge is 0.496 e. The lowest BCUT2D eigenvalue weighted by atomic mass is 10.2. The number of para-hydroxylation sites is 1. The molecule has 0 saturated carbocycles. The number of rotatable bonds is 3. The first-order valence-corrected chi connectivity index (χ1v) is 6.05. The molecule has 18 heavy (non-hydrogen) atoms. The van der Waals surface area contributed by atoms with Crippen molar-refractivity contribution in [2.75, 3.05) is 7.11 Å². The smallest absolute Gasteiger partial charge is 0.420 e. The second kappa shape index (κ2) is 6.00. The molecule has 0 heterocycles. The fourth-order valence-electron chi connectivity index (χ4n) is 1.37. The molecule has 0 spiro atoms. The van der Waals surface area contributed by atoms with Gasteiger partial charge in [-0.15, -0.1) is 0 Å². The van der Waals surface area contributed by atoms with Gasteiger partial charge in [0.25, 0.3) is 0 Å². The minimum atomic E-state index is -0.529. The summed E-state index contributed by atoms with van der Waals surface area (Å²) in [4.78, 5) is 11.7. The summed E-state index contributed by atoms with van der Waals surface area (Å²) in [5, 5.41) is 0. The lowest BCUT2D eigenvalue weighted by Crippen LogP contribution is -2.31. The maximum atomic E-state index is 11.7. The molecule has 0 fully saturated rings. The fraction of sp³-hybridized carbons (Fsp3) is 0.462. The van der Waals surface area contributed by atoms with Gasteiger partial charge in [0.1, 0.15) is 11.4 Å². The van der Waals surface area contributed by atoms with Crippen LogP contribution in [0, 0.1) is 0 Å². The number of nitrogens with zero attached hydrogens (tertiary/aromatic N) is 1. The van der Waals surface area contributed by atoms with Crippen molar-refractivity contribution in [3.8, 4) is 5.75 Å². The van der Waals surface area contributed by atoms with Crippen LogP contribution in [-0.4, -0.2) is 23.1 Å². The highest BCUT2D eigenvalue weighted by molar-refractivity contribution is 7.78. The van der Waals surface area contributed by atoms with E-state index < -0.39 is 11.7 Å². The van der Waals surface area contributed by atoms with E-state index in [0.29, 0.717) is 6.54 Å². The van der Waals surface area contributed by atoms with Crippen molar-refractivity contribution in [3.05, 3.63) is 29.8 Å². The zero-order valence-corrected chi connectivity index (χ0v) is 12.0. The number of benzene rings is 1. The monoisotopic (exact) mass is 269 g/mol. The molecule has 0 aliphatic rings. The number of amides is 1. The highest BCUT2D eigenvalue weighted by Crippen LogP contribution is 2.21. The highest BCUT2D eigenvalue weighted by atomic mass is 32.1. The van der Waals surface area contributed by atoms with E-state index in [1.54, 1.807) is 7.11 Å². The van der Waals surface area contributed by atoms with E-state index in [2.05, 4.69) is 12.8 Å². The van der Waals surface area contributed by atoms with Gasteiger partial charge in [-0.2, -0.15) is 0 Å². The average molecular weight is 269 g/mol. The number of hydrogen-bond donors (Lipinski definition) is 1. The fourth-order valence-corrected chi connectivity index (χ4v) is 1.57. The molecule has 0 aromatic heterocycles. The third-order valence-corrected chi connectivity index (χ3v) is 2.42. The second-order valence-corrected chi connectivity index (χ2v) is 5.33. The summed E-state index contributed by atoms with van der Waals surface area (Å²) in [6.45, 7) is 5.77. The summed E-state index contributed by atoms with van der Waals surface area (Å²) in [6.07, 6.45) is -0.475. The molecule has 1 rings (SSSR count). The Bertz CT molecular complexity index is 415. The van der Waals surface area contributed by atoms with E-state index in [0.717, 1.165) is 11.3 Å². The molecule has 4 nitrogen and oxygen atoms in total. The number of hydrogen-bond acceptors (Lipinski definition) is 4. The van der Waals surface area contributed by atoms with Gasteiger partial charge in [0.05, 0.1) is 13.7 Å². The summed E-state index contributed by atoms with van der Waals surface area (Å²) in [5.74, 6) is 0.722. The molecular formula is C13H19NO3S. The SMILES string of the molecule is COc1ccccc1CN(S)C(=O)OC(C)(C)C. The van der Waals surface area contributed by atoms with Crippen LogP contribution >= 0.6 is 12.8 Å². The van der Waals surface area contributed by atoms with E-state index in [1.807, 2.05) is 45.0 Å². The molecule has 0 radical (unpaired) electrons. The lowest BCUT2D eigenvalue weighted by Gasteiger charge is -2.24. The first-order chi connectivity index (χ1) is 8.33. The number of methoxy groups -OCH3 is 1. The summed E-state index contributed by atoms with van der Waals surface area (Å²) in [5.41, 5.74) is 0.347.